The van der Waals surface area contributed by atoms with Gasteiger partial charge in [0.25, 0.3) is 5.91 Å². The molecule has 3 rings (SSSR count). The Balaban J connectivity index is 1.49. The molecule has 27 heavy (non-hydrogen) atoms. The van der Waals surface area contributed by atoms with Gasteiger partial charge in [-0.1, -0.05) is 12.1 Å². The van der Waals surface area contributed by atoms with Gasteiger partial charge in [0.1, 0.15) is 11.6 Å². The van der Waals surface area contributed by atoms with Crippen LogP contribution in [0.25, 0.3) is 0 Å². The molecular formula is C20H22FN3O3. The third kappa shape index (κ3) is 4.83. The highest BCUT2D eigenvalue weighted by atomic mass is 19.1. The van der Waals surface area contributed by atoms with Crippen LogP contribution in [0.2, 0.25) is 0 Å². The second kappa shape index (κ2) is 8.64. The van der Waals surface area contributed by atoms with Crippen molar-refractivity contribution in [1.29, 1.82) is 0 Å². The Morgan fingerprint density at radius 3 is 2.37 bits per heavy atom. The number of hydrogen-bond acceptors (Lipinski definition) is 4. The maximum absolute atomic E-state index is 13.0. The third-order valence-electron chi connectivity index (χ3n) is 4.50. The van der Waals surface area contributed by atoms with Crippen LogP contribution in [0.15, 0.2) is 48.5 Å². The summed E-state index contributed by atoms with van der Waals surface area (Å²) in [5, 5.41) is 2.85. The number of carbonyl (C=O) groups is 2. The highest BCUT2D eigenvalue weighted by Crippen LogP contribution is 2.22. The molecule has 0 radical (unpaired) electrons. The monoisotopic (exact) mass is 371 g/mol. The molecule has 1 heterocycles. The van der Waals surface area contributed by atoms with Crippen molar-refractivity contribution >= 4 is 17.5 Å². The Kier molecular flexibility index (Phi) is 6.03. The fourth-order valence-electron chi connectivity index (χ4n) is 3.02. The summed E-state index contributed by atoms with van der Waals surface area (Å²) in [5.74, 6) is 0.00364. The number of nitrogens with zero attached hydrogens (tertiary/aromatic N) is 2. The van der Waals surface area contributed by atoms with E-state index in [1.54, 1.807) is 24.1 Å². The minimum absolute atomic E-state index is 0.117. The zero-order chi connectivity index (χ0) is 19.2. The molecule has 1 aliphatic rings. The molecule has 2 aromatic carbocycles. The molecule has 1 saturated heterocycles. The first-order chi connectivity index (χ1) is 13.1. The SMILES string of the molecule is COc1ccccc1NC(=O)CN1CCN(C(=O)c2ccc(F)cc2)CC1. The van der Waals surface area contributed by atoms with Crippen molar-refractivity contribution in [3.05, 3.63) is 59.9 Å². The van der Waals surface area contributed by atoms with Gasteiger partial charge in [0.2, 0.25) is 5.91 Å². The number of carbonyl (C=O) groups excluding carboxylic acids is 2. The maximum atomic E-state index is 13.0. The van der Waals surface area contributed by atoms with E-state index in [-0.39, 0.29) is 24.2 Å². The van der Waals surface area contributed by atoms with Crippen molar-refractivity contribution in [3.8, 4) is 5.75 Å². The molecule has 1 aliphatic heterocycles. The molecular weight excluding hydrogens is 349 g/mol. The predicted molar refractivity (Wildman–Crippen MR) is 100 cm³/mol. The normalized spacial score (nSPS) is 14.7. The standard InChI is InChI=1S/C20H22FN3O3/c1-27-18-5-3-2-4-17(18)22-19(25)14-23-10-12-24(13-11-23)20(26)15-6-8-16(21)9-7-15/h2-9H,10-14H2,1H3,(H,22,25). The predicted octanol–water partition coefficient (Wildman–Crippen LogP) is 2.23. The van der Waals surface area contributed by atoms with E-state index >= 15 is 0 Å². The average Bonchev–Trinajstić information content (AvgIpc) is 2.69. The van der Waals surface area contributed by atoms with Gasteiger partial charge in [-0.05, 0) is 36.4 Å². The van der Waals surface area contributed by atoms with E-state index < -0.39 is 0 Å². The summed E-state index contributed by atoms with van der Waals surface area (Å²) in [4.78, 5) is 28.5. The number of piperazine rings is 1. The van der Waals surface area contributed by atoms with Crippen LogP contribution in [0.4, 0.5) is 10.1 Å². The number of nitrogens with one attached hydrogen (secondary N) is 1. The zero-order valence-corrected chi connectivity index (χ0v) is 15.2. The molecule has 1 N–H and O–H groups in total. The van der Waals surface area contributed by atoms with E-state index in [1.165, 1.54) is 24.3 Å². The fraction of sp³-hybridized carbons (Fsp3) is 0.300. The number of rotatable bonds is 5. The first-order valence-electron chi connectivity index (χ1n) is 8.77. The molecule has 1 fully saturated rings. The molecule has 0 aromatic heterocycles. The lowest BCUT2D eigenvalue weighted by Gasteiger charge is -2.34. The van der Waals surface area contributed by atoms with Crippen LogP contribution in [-0.2, 0) is 4.79 Å². The summed E-state index contributed by atoms with van der Waals surface area (Å²) in [5.41, 5.74) is 1.11. The lowest BCUT2D eigenvalue weighted by atomic mass is 10.2. The molecule has 0 spiro atoms. The maximum Gasteiger partial charge on any atom is 0.253 e. The Bertz CT molecular complexity index is 802. The van der Waals surface area contributed by atoms with Gasteiger partial charge in [0.15, 0.2) is 0 Å². The topological polar surface area (TPSA) is 61.9 Å². The van der Waals surface area contributed by atoms with E-state index in [0.29, 0.717) is 43.2 Å². The lowest BCUT2D eigenvalue weighted by molar-refractivity contribution is -0.117. The summed E-state index contributed by atoms with van der Waals surface area (Å²) < 4.78 is 18.2. The summed E-state index contributed by atoms with van der Waals surface area (Å²) in [6, 6.07) is 12.8. The Labute approximate surface area is 157 Å². The van der Waals surface area contributed by atoms with E-state index in [9.17, 15) is 14.0 Å². The number of ether oxygens (including phenoxy) is 1. The molecule has 0 bridgehead atoms. The lowest BCUT2D eigenvalue weighted by Crippen LogP contribution is -2.50. The van der Waals surface area contributed by atoms with Crippen molar-refractivity contribution in [1.82, 2.24) is 9.80 Å². The number of para-hydroxylation sites is 2. The second-order valence-electron chi connectivity index (χ2n) is 6.32. The molecule has 7 heteroatoms. The van der Waals surface area contributed by atoms with Crippen LogP contribution < -0.4 is 10.1 Å². The zero-order valence-electron chi connectivity index (χ0n) is 15.2. The summed E-state index contributed by atoms with van der Waals surface area (Å²) >= 11 is 0. The minimum Gasteiger partial charge on any atom is -0.495 e. The molecule has 6 nitrogen and oxygen atoms in total. The molecule has 142 valence electrons. The number of anilines is 1. The van der Waals surface area contributed by atoms with E-state index in [1.807, 2.05) is 17.0 Å². The Morgan fingerprint density at radius 1 is 1.04 bits per heavy atom. The first kappa shape index (κ1) is 18.8. The van der Waals surface area contributed by atoms with Crippen LogP contribution in [0, 0.1) is 5.82 Å². The van der Waals surface area contributed by atoms with Gasteiger partial charge in [-0.3, -0.25) is 14.5 Å². The van der Waals surface area contributed by atoms with Crippen molar-refractivity contribution in [2.24, 2.45) is 0 Å². The van der Waals surface area contributed by atoms with E-state index in [4.69, 9.17) is 4.74 Å². The number of benzene rings is 2. The van der Waals surface area contributed by atoms with Gasteiger partial charge in [0, 0.05) is 31.7 Å². The van der Waals surface area contributed by atoms with Gasteiger partial charge < -0.3 is 15.0 Å². The fourth-order valence-corrected chi connectivity index (χ4v) is 3.02. The molecule has 0 unspecified atom stereocenters. The summed E-state index contributed by atoms with van der Waals surface area (Å²) in [7, 11) is 1.56. The Hall–Kier alpha value is -2.93. The van der Waals surface area contributed by atoms with Crippen LogP contribution in [0.1, 0.15) is 10.4 Å². The van der Waals surface area contributed by atoms with E-state index in [2.05, 4.69) is 5.32 Å². The van der Waals surface area contributed by atoms with Crippen molar-refractivity contribution in [2.75, 3.05) is 45.2 Å². The molecule has 0 atom stereocenters. The average molecular weight is 371 g/mol. The van der Waals surface area contributed by atoms with Crippen molar-refractivity contribution in [3.63, 3.8) is 0 Å². The highest BCUT2D eigenvalue weighted by Gasteiger charge is 2.23. The summed E-state index contributed by atoms with van der Waals surface area (Å²) in [6.07, 6.45) is 0. The minimum atomic E-state index is -0.363. The number of hydrogen-bond donors (Lipinski definition) is 1. The number of amides is 2. The van der Waals surface area contributed by atoms with E-state index in [0.717, 1.165) is 0 Å². The number of methoxy groups -OCH3 is 1. The molecule has 0 saturated carbocycles. The van der Waals surface area contributed by atoms with Crippen LogP contribution in [-0.4, -0.2) is 61.4 Å². The summed E-state index contributed by atoms with van der Waals surface area (Å²) in [6.45, 7) is 2.51. The molecule has 2 amide bonds. The van der Waals surface area contributed by atoms with Crippen LogP contribution in [0.3, 0.4) is 0 Å². The number of halogens is 1. The van der Waals surface area contributed by atoms with Crippen LogP contribution >= 0.6 is 0 Å². The quantitative estimate of drug-likeness (QED) is 0.876. The van der Waals surface area contributed by atoms with Gasteiger partial charge in [0.05, 0.1) is 19.3 Å². The Morgan fingerprint density at radius 2 is 1.70 bits per heavy atom. The third-order valence-corrected chi connectivity index (χ3v) is 4.50. The molecule has 0 aliphatic carbocycles. The van der Waals surface area contributed by atoms with Gasteiger partial charge in [-0.15, -0.1) is 0 Å². The highest BCUT2D eigenvalue weighted by molar-refractivity contribution is 5.95. The smallest absolute Gasteiger partial charge is 0.253 e. The van der Waals surface area contributed by atoms with Crippen LogP contribution in [0.5, 0.6) is 5.75 Å². The van der Waals surface area contributed by atoms with Crippen molar-refractivity contribution in [2.45, 2.75) is 0 Å². The largest absolute Gasteiger partial charge is 0.495 e. The van der Waals surface area contributed by atoms with Gasteiger partial charge in [-0.25, -0.2) is 4.39 Å². The second-order valence-corrected chi connectivity index (χ2v) is 6.32. The first-order valence-corrected chi connectivity index (χ1v) is 8.77. The molecule has 2 aromatic rings. The van der Waals surface area contributed by atoms with Gasteiger partial charge >= 0.3 is 0 Å². The van der Waals surface area contributed by atoms with Gasteiger partial charge in [-0.2, -0.15) is 0 Å². The van der Waals surface area contributed by atoms with Crippen molar-refractivity contribution < 1.29 is 18.7 Å².